The molecule has 1 unspecified atom stereocenters. The van der Waals surface area contributed by atoms with Gasteiger partial charge in [0.1, 0.15) is 0 Å². The van der Waals surface area contributed by atoms with E-state index in [-0.39, 0.29) is 12.5 Å². The number of nitrogens with zero attached hydrogens (tertiary/aromatic N) is 1. The number of fused-ring (bicyclic) bond motifs is 1. The topological polar surface area (TPSA) is 81.8 Å². The van der Waals surface area contributed by atoms with Gasteiger partial charge in [-0.2, -0.15) is 0 Å². The van der Waals surface area contributed by atoms with Crippen LogP contribution in [-0.4, -0.2) is 22.9 Å². The fourth-order valence-corrected chi connectivity index (χ4v) is 1.48. The molecule has 1 aromatic carbocycles. The maximum Gasteiger partial charge on any atom is 0.280 e. The average molecular weight is 237 g/mol. The van der Waals surface area contributed by atoms with Crippen LogP contribution < -0.4 is 9.47 Å². The predicted molar refractivity (Wildman–Crippen MR) is 59.9 cm³/mol. The molecule has 17 heavy (non-hydrogen) atoms. The van der Waals surface area contributed by atoms with Gasteiger partial charge in [0.15, 0.2) is 11.5 Å². The number of nitro groups is 1. The summed E-state index contributed by atoms with van der Waals surface area (Å²) in [5.41, 5.74) is 0.298. The summed E-state index contributed by atoms with van der Waals surface area (Å²) in [6.07, 6.45) is 2.29. The van der Waals surface area contributed by atoms with E-state index in [4.69, 9.17) is 14.6 Å². The average Bonchev–Trinajstić information content (AvgIpc) is 2.71. The third-order valence-corrected chi connectivity index (χ3v) is 2.27. The first-order valence-electron chi connectivity index (χ1n) is 5.02. The summed E-state index contributed by atoms with van der Waals surface area (Å²) in [6, 6.07) is 2.85. The van der Waals surface area contributed by atoms with Crippen LogP contribution in [0.25, 0.3) is 6.08 Å². The van der Waals surface area contributed by atoms with Crippen molar-refractivity contribution in [2.24, 2.45) is 0 Å². The molecule has 90 valence electrons. The fourth-order valence-electron chi connectivity index (χ4n) is 1.48. The first kappa shape index (κ1) is 11.4. The van der Waals surface area contributed by atoms with Crippen molar-refractivity contribution in [3.63, 3.8) is 0 Å². The van der Waals surface area contributed by atoms with E-state index in [1.807, 2.05) is 0 Å². The largest absolute Gasteiger partial charge is 0.454 e. The van der Waals surface area contributed by atoms with Crippen molar-refractivity contribution in [3.8, 4) is 11.5 Å². The highest BCUT2D eigenvalue weighted by molar-refractivity contribution is 5.67. The van der Waals surface area contributed by atoms with Gasteiger partial charge in [0.2, 0.25) is 6.79 Å². The van der Waals surface area contributed by atoms with Crippen molar-refractivity contribution < 1.29 is 19.5 Å². The number of hydrogen-bond donors (Lipinski definition) is 1. The number of benzene rings is 1. The Morgan fingerprint density at radius 3 is 2.71 bits per heavy atom. The molecule has 0 amide bonds. The molecular formula is C11H11NO5. The van der Waals surface area contributed by atoms with Gasteiger partial charge in [0.25, 0.3) is 5.69 Å². The lowest BCUT2D eigenvalue weighted by molar-refractivity contribution is -0.385. The van der Waals surface area contributed by atoms with Crippen molar-refractivity contribution in [2.45, 2.75) is 13.0 Å². The maximum atomic E-state index is 10.9. The van der Waals surface area contributed by atoms with E-state index in [1.54, 1.807) is 6.92 Å². The molecule has 0 spiro atoms. The number of aliphatic hydroxyl groups is 1. The van der Waals surface area contributed by atoms with Gasteiger partial charge in [-0.3, -0.25) is 10.1 Å². The van der Waals surface area contributed by atoms with Crippen molar-refractivity contribution >= 4 is 11.8 Å². The van der Waals surface area contributed by atoms with Crippen LogP contribution in [-0.2, 0) is 0 Å². The monoisotopic (exact) mass is 237 g/mol. The zero-order chi connectivity index (χ0) is 12.4. The Balaban J connectivity index is 2.45. The summed E-state index contributed by atoms with van der Waals surface area (Å²) in [5.74, 6) is 0.840. The highest BCUT2D eigenvalue weighted by Crippen LogP contribution is 2.38. The molecule has 0 aromatic heterocycles. The Morgan fingerprint density at radius 2 is 2.12 bits per heavy atom. The standard InChI is InChI=1S/C11H11NO5/c1-7(13)2-3-8-4-10-11(17-6-16-10)5-9(8)12(14)15/h2-5,7,13H,6H2,1H3/b3-2+. The molecule has 1 aromatic rings. The van der Waals surface area contributed by atoms with Gasteiger partial charge >= 0.3 is 0 Å². The molecule has 1 N–H and O–H groups in total. The van der Waals surface area contributed by atoms with Gasteiger partial charge in [-0.15, -0.1) is 0 Å². The van der Waals surface area contributed by atoms with Crippen molar-refractivity contribution in [3.05, 3.63) is 33.9 Å². The summed E-state index contributed by atoms with van der Waals surface area (Å²) in [5, 5.41) is 20.0. The first-order valence-corrected chi connectivity index (χ1v) is 5.02. The van der Waals surface area contributed by atoms with Gasteiger partial charge in [0, 0.05) is 0 Å². The summed E-state index contributed by atoms with van der Waals surface area (Å²) in [4.78, 5) is 10.4. The third kappa shape index (κ3) is 2.36. The Bertz CT molecular complexity index is 481. The minimum atomic E-state index is -0.667. The lowest BCUT2D eigenvalue weighted by Crippen LogP contribution is -1.94. The number of hydrogen-bond acceptors (Lipinski definition) is 5. The fraction of sp³-hybridized carbons (Fsp3) is 0.273. The lowest BCUT2D eigenvalue weighted by atomic mass is 10.1. The Morgan fingerprint density at radius 1 is 1.47 bits per heavy atom. The molecule has 0 saturated carbocycles. The summed E-state index contributed by atoms with van der Waals surface area (Å²) in [7, 11) is 0. The minimum Gasteiger partial charge on any atom is -0.454 e. The molecule has 1 aliphatic heterocycles. The summed E-state index contributed by atoms with van der Waals surface area (Å²) >= 11 is 0. The van der Waals surface area contributed by atoms with E-state index in [0.717, 1.165) is 0 Å². The van der Waals surface area contributed by atoms with Crippen LogP contribution in [0.15, 0.2) is 18.2 Å². The normalized spacial score (nSPS) is 15.2. The highest BCUT2D eigenvalue weighted by Gasteiger charge is 2.21. The van der Waals surface area contributed by atoms with Crippen LogP contribution in [0.1, 0.15) is 12.5 Å². The van der Waals surface area contributed by atoms with Gasteiger partial charge in [-0.1, -0.05) is 6.08 Å². The van der Waals surface area contributed by atoms with Crippen molar-refractivity contribution in [2.75, 3.05) is 6.79 Å². The van der Waals surface area contributed by atoms with Gasteiger partial charge < -0.3 is 14.6 Å². The van der Waals surface area contributed by atoms with E-state index in [1.165, 1.54) is 24.3 Å². The quantitative estimate of drug-likeness (QED) is 0.639. The van der Waals surface area contributed by atoms with Gasteiger partial charge in [0.05, 0.1) is 22.7 Å². The van der Waals surface area contributed by atoms with Crippen molar-refractivity contribution in [1.29, 1.82) is 0 Å². The molecule has 6 nitrogen and oxygen atoms in total. The molecular weight excluding hydrogens is 226 g/mol. The molecule has 0 radical (unpaired) electrons. The van der Waals surface area contributed by atoms with E-state index in [0.29, 0.717) is 17.1 Å². The van der Waals surface area contributed by atoms with Crippen LogP contribution in [0.3, 0.4) is 0 Å². The first-order chi connectivity index (χ1) is 8.08. The molecule has 1 aliphatic rings. The molecule has 0 fully saturated rings. The van der Waals surface area contributed by atoms with Gasteiger partial charge in [-0.05, 0) is 19.1 Å². The van der Waals surface area contributed by atoms with Crippen molar-refractivity contribution in [1.82, 2.24) is 0 Å². The number of aliphatic hydroxyl groups excluding tert-OH is 1. The Hall–Kier alpha value is -2.08. The van der Waals surface area contributed by atoms with Crippen LogP contribution in [0.2, 0.25) is 0 Å². The van der Waals surface area contributed by atoms with Crippen LogP contribution >= 0.6 is 0 Å². The van der Waals surface area contributed by atoms with Crippen LogP contribution in [0.4, 0.5) is 5.69 Å². The zero-order valence-electron chi connectivity index (χ0n) is 9.12. The molecule has 0 aliphatic carbocycles. The van der Waals surface area contributed by atoms with Gasteiger partial charge in [-0.25, -0.2) is 0 Å². The second-order valence-electron chi connectivity index (χ2n) is 3.62. The van der Waals surface area contributed by atoms with E-state index in [2.05, 4.69) is 0 Å². The van der Waals surface area contributed by atoms with E-state index < -0.39 is 11.0 Å². The number of ether oxygens (including phenoxy) is 2. The zero-order valence-corrected chi connectivity index (χ0v) is 9.12. The second kappa shape index (κ2) is 4.42. The molecule has 0 bridgehead atoms. The van der Waals surface area contributed by atoms with Crippen LogP contribution in [0, 0.1) is 10.1 Å². The van der Waals surface area contributed by atoms with E-state index in [9.17, 15) is 10.1 Å². The molecule has 1 heterocycles. The van der Waals surface area contributed by atoms with Crippen LogP contribution in [0.5, 0.6) is 11.5 Å². The molecule has 2 rings (SSSR count). The SMILES string of the molecule is CC(O)/C=C/c1cc2c(cc1[N+](=O)[O-])OCO2. The summed E-state index contributed by atoms with van der Waals surface area (Å²) < 4.78 is 10.2. The minimum absolute atomic E-state index is 0.0655. The Kier molecular flexibility index (Phi) is 2.97. The maximum absolute atomic E-state index is 10.9. The highest BCUT2D eigenvalue weighted by atomic mass is 16.7. The molecule has 1 atom stereocenters. The number of rotatable bonds is 3. The molecule has 0 saturated heterocycles. The lowest BCUT2D eigenvalue weighted by Gasteiger charge is -2.01. The third-order valence-electron chi connectivity index (χ3n) is 2.27. The Labute approximate surface area is 97.2 Å². The molecule has 6 heteroatoms. The smallest absolute Gasteiger partial charge is 0.280 e. The van der Waals surface area contributed by atoms with E-state index >= 15 is 0 Å². The second-order valence-corrected chi connectivity index (χ2v) is 3.62. The number of nitro benzene ring substituents is 1. The predicted octanol–water partition coefficient (Wildman–Crippen LogP) is 1.72. The summed E-state index contributed by atoms with van der Waals surface area (Å²) in [6.45, 7) is 1.63.